The molecule has 0 fully saturated rings. The quantitative estimate of drug-likeness (QED) is 0.327. The topological polar surface area (TPSA) is 90.1 Å². The fourth-order valence-corrected chi connectivity index (χ4v) is 5.07. The van der Waals surface area contributed by atoms with Crippen molar-refractivity contribution < 1.29 is 14.1 Å². The molecule has 7 nitrogen and oxygen atoms in total. The minimum atomic E-state index is -0.543. The van der Waals surface area contributed by atoms with E-state index in [0.717, 1.165) is 5.69 Å². The van der Waals surface area contributed by atoms with E-state index in [0.29, 0.717) is 28.2 Å². The summed E-state index contributed by atoms with van der Waals surface area (Å²) < 4.78 is 15.3. The highest BCUT2D eigenvalue weighted by Gasteiger charge is 2.35. The monoisotopic (exact) mass is 460 g/mol. The third-order valence-corrected chi connectivity index (χ3v) is 6.61. The first kappa shape index (κ1) is 20.9. The van der Waals surface area contributed by atoms with Gasteiger partial charge in [-0.25, -0.2) is 9.07 Å². The lowest BCUT2D eigenvalue weighted by Gasteiger charge is -2.16. The Kier molecular flexibility index (Phi) is 5.39. The molecule has 0 spiro atoms. The molecule has 0 saturated carbocycles. The van der Waals surface area contributed by atoms with E-state index in [4.69, 9.17) is 5.10 Å². The van der Waals surface area contributed by atoms with Crippen molar-refractivity contribution in [3.63, 3.8) is 0 Å². The van der Waals surface area contributed by atoms with E-state index >= 15 is 0 Å². The van der Waals surface area contributed by atoms with Gasteiger partial charge in [0.2, 0.25) is 5.91 Å². The zero-order chi connectivity index (χ0) is 22.9. The lowest BCUT2D eigenvalue weighted by Crippen LogP contribution is -2.15. The molecule has 0 saturated heterocycles. The summed E-state index contributed by atoms with van der Waals surface area (Å²) in [5.74, 6) is -0.0581. The molecule has 0 aliphatic carbocycles. The number of para-hydroxylation sites is 2. The van der Waals surface area contributed by atoms with E-state index < -0.39 is 10.2 Å². The Labute approximate surface area is 192 Å². The van der Waals surface area contributed by atoms with Gasteiger partial charge >= 0.3 is 0 Å². The molecule has 164 valence electrons. The normalized spacial score (nSPS) is 15.4. The van der Waals surface area contributed by atoms with E-state index in [1.165, 1.54) is 30.0 Å². The predicted molar refractivity (Wildman–Crippen MR) is 125 cm³/mol. The van der Waals surface area contributed by atoms with Gasteiger partial charge in [0, 0.05) is 22.8 Å². The van der Waals surface area contributed by atoms with Crippen LogP contribution in [-0.2, 0) is 4.79 Å². The van der Waals surface area contributed by atoms with Gasteiger partial charge in [0.1, 0.15) is 11.6 Å². The number of carbonyl (C=O) groups excluding carboxylic acids is 1. The Morgan fingerprint density at radius 1 is 1.03 bits per heavy atom. The number of nitro benzene ring substituents is 1. The number of amides is 1. The van der Waals surface area contributed by atoms with Gasteiger partial charge in [-0.3, -0.25) is 14.9 Å². The summed E-state index contributed by atoms with van der Waals surface area (Å²) in [6, 6.07) is 21.7. The number of benzene rings is 3. The van der Waals surface area contributed by atoms with Crippen molar-refractivity contribution in [3.05, 3.63) is 106 Å². The summed E-state index contributed by atoms with van der Waals surface area (Å²) in [5, 5.41) is 19.0. The first-order valence-corrected chi connectivity index (χ1v) is 11.2. The molecule has 1 aromatic heterocycles. The number of thioether (sulfide) groups is 1. The van der Waals surface area contributed by atoms with Crippen LogP contribution in [0.4, 0.5) is 15.9 Å². The average Bonchev–Trinajstić information content (AvgIpc) is 3.10. The number of hydrogen-bond donors (Lipinski definition) is 1. The van der Waals surface area contributed by atoms with E-state index in [9.17, 15) is 19.3 Å². The molecule has 9 heteroatoms. The van der Waals surface area contributed by atoms with Crippen molar-refractivity contribution in [2.24, 2.45) is 0 Å². The van der Waals surface area contributed by atoms with Gasteiger partial charge in [0.05, 0.1) is 27.3 Å². The van der Waals surface area contributed by atoms with E-state index in [1.54, 1.807) is 35.0 Å². The van der Waals surface area contributed by atoms with Crippen LogP contribution in [0, 0.1) is 15.9 Å². The first-order chi connectivity index (χ1) is 16.0. The number of nitrogens with zero attached hydrogens (tertiary/aromatic N) is 3. The molecule has 1 unspecified atom stereocenters. The van der Waals surface area contributed by atoms with Crippen LogP contribution >= 0.6 is 11.8 Å². The number of aromatic nitrogens is 2. The van der Waals surface area contributed by atoms with Gasteiger partial charge in [0.25, 0.3) is 5.69 Å². The molecule has 1 atom stereocenters. The number of carbonyl (C=O) groups is 1. The van der Waals surface area contributed by atoms with Crippen LogP contribution in [0.2, 0.25) is 0 Å². The van der Waals surface area contributed by atoms with Gasteiger partial charge in [0.15, 0.2) is 0 Å². The molecule has 0 bridgehead atoms. The van der Waals surface area contributed by atoms with Crippen LogP contribution in [0.15, 0.2) is 78.9 Å². The number of hydrogen-bond acceptors (Lipinski definition) is 5. The molecule has 5 rings (SSSR count). The van der Waals surface area contributed by atoms with Gasteiger partial charge in [-0.05, 0) is 36.4 Å². The van der Waals surface area contributed by atoms with Crippen LogP contribution in [0.5, 0.6) is 0 Å². The van der Waals surface area contributed by atoms with E-state index in [-0.39, 0.29) is 23.2 Å². The lowest BCUT2D eigenvalue weighted by molar-refractivity contribution is -0.385. The van der Waals surface area contributed by atoms with Crippen LogP contribution in [0.3, 0.4) is 0 Å². The Hall–Kier alpha value is -3.98. The zero-order valence-electron chi connectivity index (χ0n) is 17.1. The van der Waals surface area contributed by atoms with Crippen molar-refractivity contribution in [2.45, 2.75) is 5.25 Å². The second-order valence-corrected chi connectivity index (χ2v) is 8.51. The SMILES string of the molecule is O=C1CSC(c2ccccc2[N+](=O)[O-])c2c(-c3ccc(F)cc3)nn(-c3ccccc3)c2N1. The second kappa shape index (κ2) is 8.51. The Morgan fingerprint density at radius 3 is 2.45 bits per heavy atom. The maximum atomic E-state index is 13.6. The summed E-state index contributed by atoms with van der Waals surface area (Å²) in [6.45, 7) is 0. The molecule has 0 radical (unpaired) electrons. The molecule has 1 aliphatic heterocycles. The maximum absolute atomic E-state index is 13.6. The molecule has 4 aromatic rings. The number of rotatable bonds is 4. The molecule has 2 heterocycles. The number of nitrogens with one attached hydrogen (secondary N) is 1. The summed E-state index contributed by atoms with van der Waals surface area (Å²) in [5.41, 5.74) is 2.95. The molecule has 33 heavy (non-hydrogen) atoms. The average molecular weight is 460 g/mol. The van der Waals surface area contributed by atoms with Crippen molar-refractivity contribution in [2.75, 3.05) is 11.1 Å². The molecule has 1 amide bonds. The zero-order valence-corrected chi connectivity index (χ0v) is 18.0. The fourth-order valence-electron chi connectivity index (χ4n) is 3.91. The number of fused-ring (bicyclic) bond motifs is 1. The second-order valence-electron chi connectivity index (χ2n) is 7.42. The van der Waals surface area contributed by atoms with Crippen molar-refractivity contribution in [3.8, 4) is 16.9 Å². The standard InChI is InChI=1S/C24H17FN4O3S/c25-16-12-10-15(11-13-16)22-21-23(18-8-4-5-9-19(18)29(31)32)33-14-20(30)26-24(21)28(27-22)17-6-2-1-3-7-17/h1-13,23H,14H2,(H,26,30). The molecule has 1 N–H and O–H groups in total. The largest absolute Gasteiger partial charge is 0.310 e. The molecular formula is C24H17FN4O3S. The minimum absolute atomic E-state index is 0.0344. The highest BCUT2D eigenvalue weighted by molar-refractivity contribution is 8.00. The van der Waals surface area contributed by atoms with E-state index in [2.05, 4.69) is 5.32 Å². The van der Waals surface area contributed by atoms with Crippen molar-refractivity contribution in [1.29, 1.82) is 0 Å². The summed E-state index contributed by atoms with van der Waals surface area (Å²) in [6.07, 6.45) is 0. The minimum Gasteiger partial charge on any atom is -0.310 e. The Balaban J connectivity index is 1.81. The van der Waals surface area contributed by atoms with E-state index in [1.807, 2.05) is 30.3 Å². The van der Waals surface area contributed by atoms with Crippen LogP contribution in [-0.4, -0.2) is 26.4 Å². The predicted octanol–water partition coefficient (Wildman–Crippen LogP) is 5.36. The Bertz CT molecular complexity index is 1360. The molecule has 1 aliphatic rings. The highest BCUT2D eigenvalue weighted by atomic mass is 32.2. The highest BCUT2D eigenvalue weighted by Crippen LogP contribution is 2.48. The van der Waals surface area contributed by atoms with Crippen LogP contribution < -0.4 is 5.32 Å². The molecular weight excluding hydrogens is 443 g/mol. The Morgan fingerprint density at radius 2 is 1.73 bits per heavy atom. The van der Waals surface area contributed by atoms with Gasteiger partial charge in [-0.2, -0.15) is 5.10 Å². The third kappa shape index (κ3) is 3.87. The summed E-state index contributed by atoms with van der Waals surface area (Å²) in [7, 11) is 0. The number of anilines is 1. The van der Waals surface area contributed by atoms with Gasteiger partial charge in [-0.15, -0.1) is 11.8 Å². The lowest BCUT2D eigenvalue weighted by atomic mass is 9.98. The summed E-state index contributed by atoms with van der Waals surface area (Å²) in [4.78, 5) is 24.0. The van der Waals surface area contributed by atoms with Crippen molar-refractivity contribution in [1.82, 2.24) is 9.78 Å². The van der Waals surface area contributed by atoms with Crippen molar-refractivity contribution >= 4 is 29.2 Å². The summed E-state index contributed by atoms with van der Waals surface area (Å²) >= 11 is 1.30. The first-order valence-electron chi connectivity index (χ1n) is 10.1. The van der Waals surface area contributed by atoms with Gasteiger partial charge < -0.3 is 5.32 Å². The number of nitro groups is 1. The fraction of sp³-hybridized carbons (Fsp3) is 0.0833. The molecule has 3 aromatic carbocycles. The van der Waals surface area contributed by atoms with Gasteiger partial charge in [-0.1, -0.05) is 36.4 Å². The van der Waals surface area contributed by atoms with Crippen LogP contribution in [0.25, 0.3) is 16.9 Å². The third-order valence-electron chi connectivity index (χ3n) is 5.36. The smallest absolute Gasteiger partial charge is 0.274 e. The maximum Gasteiger partial charge on any atom is 0.274 e. The number of halogens is 1. The van der Waals surface area contributed by atoms with Crippen LogP contribution in [0.1, 0.15) is 16.4 Å².